The highest BCUT2D eigenvalue weighted by Gasteiger charge is 2.37. The van der Waals surface area contributed by atoms with Crippen molar-refractivity contribution in [2.75, 3.05) is 0 Å². The van der Waals surface area contributed by atoms with E-state index in [0.29, 0.717) is 0 Å². The van der Waals surface area contributed by atoms with E-state index < -0.39 is 8.96 Å². The number of hydrogen-bond acceptors (Lipinski definition) is 1. The molecule has 0 bridgehead atoms. The Bertz CT molecular complexity index is 1190. The quantitative estimate of drug-likeness (QED) is 0.238. The van der Waals surface area contributed by atoms with Crippen LogP contribution in [0.5, 0.6) is 0 Å². The first-order valence-corrected chi connectivity index (χ1v) is 12.7. The average molecular weight is 428 g/mol. The SMILES string of the molecule is CC=N[SiH]1C(c2ccccc2)=C(c2ccccc2)C(c2ccccc2)=C1c1ccccc1. The van der Waals surface area contributed by atoms with Gasteiger partial charge in [0.1, 0.15) is 0 Å². The van der Waals surface area contributed by atoms with Crippen LogP contribution in [0.3, 0.4) is 0 Å². The maximum atomic E-state index is 5.19. The minimum absolute atomic E-state index is 1.25. The van der Waals surface area contributed by atoms with Gasteiger partial charge in [-0.3, -0.25) is 0 Å². The molecule has 0 fully saturated rings. The molecule has 0 saturated carbocycles. The first-order chi connectivity index (χ1) is 15.9. The maximum Gasteiger partial charge on any atom is 0.229 e. The first-order valence-electron chi connectivity index (χ1n) is 11.1. The van der Waals surface area contributed by atoms with E-state index in [1.165, 1.54) is 43.8 Å². The first kappa shape index (κ1) is 20.2. The van der Waals surface area contributed by atoms with Crippen LogP contribution in [0.1, 0.15) is 29.2 Å². The molecule has 0 saturated heterocycles. The molecular weight excluding hydrogens is 402 g/mol. The van der Waals surface area contributed by atoms with Crippen molar-refractivity contribution >= 4 is 36.7 Å². The van der Waals surface area contributed by atoms with Gasteiger partial charge in [0.25, 0.3) is 0 Å². The number of hydrogen-bond donors (Lipinski definition) is 0. The van der Waals surface area contributed by atoms with E-state index in [-0.39, 0.29) is 0 Å². The van der Waals surface area contributed by atoms with E-state index in [4.69, 9.17) is 4.66 Å². The number of allylic oxidation sites excluding steroid dienone is 2. The van der Waals surface area contributed by atoms with Crippen LogP contribution < -0.4 is 0 Å². The Morgan fingerprint density at radius 3 is 1.09 bits per heavy atom. The van der Waals surface area contributed by atoms with E-state index in [1.54, 1.807) is 0 Å². The molecule has 32 heavy (non-hydrogen) atoms. The molecule has 0 spiro atoms. The summed E-state index contributed by atoms with van der Waals surface area (Å²) in [5.74, 6) is 0. The molecule has 1 heterocycles. The Kier molecular flexibility index (Phi) is 5.78. The van der Waals surface area contributed by atoms with E-state index in [9.17, 15) is 0 Å². The molecule has 5 rings (SSSR count). The summed E-state index contributed by atoms with van der Waals surface area (Å²) in [5, 5.41) is 2.79. The van der Waals surface area contributed by atoms with Gasteiger partial charge in [-0.05, 0) is 56.9 Å². The zero-order valence-corrected chi connectivity index (χ0v) is 19.3. The molecule has 154 valence electrons. The smallest absolute Gasteiger partial charge is 0.229 e. The molecule has 1 nitrogen and oxygen atoms in total. The van der Waals surface area contributed by atoms with Crippen molar-refractivity contribution in [3.8, 4) is 0 Å². The van der Waals surface area contributed by atoms with Crippen LogP contribution in [0.2, 0.25) is 0 Å². The highest BCUT2D eigenvalue weighted by atomic mass is 28.3. The normalized spacial score (nSPS) is 14.5. The van der Waals surface area contributed by atoms with E-state index in [2.05, 4.69) is 121 Å². The zero-order valence-electron chi connectivity index (χ0n) is 18.1. The van der Waals surface area contributed by atoms with Gasteiger partial charge in [-0.15, -0.1) is 0 Å². The third kappa shape index (κ3) is 3.70. The lowest BCUT2D eigenvalue weighted by molar-refractivity contribution is 1.58. The van der Waals surface area contributed by atoms with Crippen LogP contribution in [0.25, 0.3) is 21.5 Å². The molecular formula is C30H25NSi. The van der Waals surface area contributed by atoms with Crippen LogP contribution in [0, 0.1) is 0 Å². The van der Waals surface area contributed by atoms with Crippen LogP contribution >= 0.6 is 0 Å². The molecule has 0 unspecified atom stereocenters. The third-order valence-corrected chi connectivity index (χ3v) is 8.86. The standard InChI is InChI=1S/C30H25NSi/c1-2-31-32-29(25-19-11-5-12-20-25)27(23-15-7-3-8-16-23)28(24-17-9-4-10-18-24)30(32)26-21-13-6-14-22-26/h2-22,32H,1H3. The van der Waals surface area contributed by atoms with Crippen molar-refractivity contribution < 1.29 is 0 Å². The van der Waals surface area contributed by atoms with Crippen molar-refractivity contribution in [1.29, 1.82) is 0 Å². The second kappa shape index (κ2) is 9.17. The lowest BCUT2D eigenvalue weighted by atomic mass is 9.89. The highest BCUT2D eigenvalue weighted by Crippen LogP contribution is 2.51. The lowest BCUT2D eigenvalue weighted by Crippen LogP contribution is -2.14. The summed E-state index contributed by atoms with van der Waals surface area (Å²) >= 11 is 0. The molecule has 4 aromatic carbocycles. The van der Waals surface area contributed by atoms with Gasteiger partial charge < -0.3 is 4.66 Å². The van der Waals surface area contributed by atoms with E-state index in [1.807, 2.05) is 13.1 Å². The van der Waals surface area contributed by atoms with Crippen LogP contribution in [-0.4, -0.2) is 15.2 Å². The summed E-state index contributed by atoms with van der Waals surface area (Å²) in [6.07, 6.45) is 2.00. The van der Waals surface area contributed by atoms with Gasteiger partial charge in [0.2, 0.25) is 8.96 Å². The molecule has 4 aromatic rings. The zero-order chi connectivity index (χ0) is 21.8. The Balaban J connectivity index is 1.91. The Labute approximate surface area is 191 Å². The molecule has 0 N–H and O–H groups in total. The van der Waals surface area contributed by atoms with Gasteiger partial charge in [-0.2, -0.15) is 0 Å². The number of rotatable bonds is 5. The largest absolute Gasteiger partial charge is 0.326 e. The van der Waals surface area contributed by atoms with Gasteiger partial charge in [-0.1, -0.05) is 121 Å². The summed E-state index contributed by atoms with van der Waals surface area (Å²) in [5.41, 5.74) is 7.69. The lowest BCUT2D eigenvalue weighted by Gasteiger charge is -2.15. The molecule has 0 atom stereocenters. The Hall–Kier alpha value is -3.75. The fraction of sp³-hybridized carbons (Fsp3) is 0.0333. The highest BCUT2D eigenvalue weighted by molar-refractivity contribution is 6.99. The van der Waals surface area contributed by atoms with Crippen LogP contribution in [0.4, 0.5) is 0 Å². The third-order valence-electron chi connectivity index (χ3n) is 5.93. The van der Waals surface area contributed by atoms with Gasteiger partial charge in [0, 0.05) is 0 Å². The maximum absolute atomic E-state index is 5.19. The minimum Gasteiger partial charge on any atom is -0.326 e. The van der Waals surface area contributed by atoms with Crippen molar-refractivity contribution in [3.05, 3.63) is 144 Å². The van der Waals surface area contributed by atoms with Crippen LogP contribution in [0.15, 0.2) is 126 Å². The molecule has 0 aliphatic carbocycles. The van der Waals surface area contributed by atoms with Gasteiger partial charge >= 0.3 is 0 Å². The number of nitrogens with zero attached hydrogens (tertiary/aromatic N) is 1. The molecule has 0 aromatic heterocycles. The van der Waals surface area contributed by atoms with E-state index in [0.717, 1.165) is 0 Å². The summed E-state index contributed by atoms with van der Waals surface area (Å²) < 4.78 is 5.19. The van der Waals surface area contributed by atoms with Crippen molar-refractivity contribution in [2.24, 2.45) is 4.66 Å². The average Bonchev–Trinajstić information content (AvgIpc) is 3.21. The molecule has 1 aliphatic heterocycles. The number of benzene rings is 4. The minimum atomic E-state index is -1.89. The van der Waals surface area contributed by atoms with Crippen LogP contribution in [-0.2, 0) is 0 Å². The predicted octanol–water partition coefficient (Wildman–Crippen LogP) is 7.11. The van der Waals surface area contributed by atoms with Crippen molar-refractivity contribution in [3.63, 3.8) is 0 Å². The van der Waals surface area contributed by atoms with Crippen molar-refractivity contribution in [1.82, 2.24) is 0 Å². The molecule has 1 aliphatic rings. The fourth-order valence-corrected chi connectivity index (χ4v) is 7.70. The second-order valence-electron chi connectivity index (χ2n) is 7.85. The van der Waals surface area contributed by atoms with Gasteiger partial charge in [-0.25, -0.2) is 0 Å². The Morgan fingerprint density at radius 2 is 0.781 bits per heavy atom. The molecule has 2 heteroatoms. The topological polar surface area (TPSA) is 12.4 Å². The monoisotopic (exact) mass is 427 g/mol. The van der Waals surface area contributed by atoms with Gasteiger partial charge in [0.15, 0.2) is 0 Å². The van der Waals surface area contributed by atoms with Gasteiger partial charge in [0.05, 0.1) is 0 Å². The van der Waals surface area contributed by atoms with Crippen molar-refractivity contribution in [2.45, 2.75) is 6.92 Å². The second-order valence-corrected chi connectivity index (χ2v) is 10.1. The molecule has 0 amide bonds. The fourth-order valence-electron chi connectivity index (χ4n) is 4.63. The summed E-state index contributed by atoms with van der Waals surface area (Å²) in [4.78, 5) is 0. The van der Waals surface area contributed by atoms with E-state index >= 15 is 0 Å². The Morgan fingerprint density at radius 1 is 0.469 bits per heavy atom. The molecule has 0 radical (unpaired) electrons. The summed E-state index contributed by atoms with van der Waals surface area (Å²) in [7, 11) is -1.89. The summed E-state index contributed by atoms with van der Waals surface area (Å²) in [6.45, 7) is 2.04. The predicted molar refractivity (Wildman–Crippen MR) is 141 cm³/mol. The summed E-state index contributed by atoms with van der Waals surface area (Å²) in [6, 6.07) is 43.3.